The van der Waals surface area contributed by atoms with E-state index in [-0.39, 0.29) is 11.6 Å². The summed E-state index contributed by atoms with van der Waals surface area (Å²) in [5.74, 6) is -1.21. The summed E-state index contributed by atoms with van der Waals surface area (Å²) in [5, 5.41) is 13.2. The third kappa shape index (κ3) is 2.53. The zero-order valence-electron chi connectivity index (χ0n) is 7.77. The van der Waals surface area contributed by atoms with Gasteiger partial charge in [-0.05, 0) is 0 Å². The summed E-state index contributed by atoms with van der Waals surface area (Å²) in [6, 6.07) is 0. The molecule has 0 spiro atoms. The molecule has 0 aromatic rings. The van der Waals surface area contributed by atoms with Crippen molar-refractivity contribution in [2.24, 2.45) is 0 Å². The Bertz CT molecular complexity index is 333. The molecule has 0 aromatic carbocycles. The Labute approximate surface area is 85.5 Å². The predicted molar refractivity (Wildman–Crippen MR) is 53.2 cm³/mol. The second kappa shape index (κ2) is 4.19. The first-order chi connectivity index (χ1) is 6.50. The van der Waals surface area contributed by atoms with Crippen LogP contribution < -0.4 is 5.32 Å². The number of hydrogen-bond acceptors (Lipinski definition) is 4. The summed E-state index contributed by atoms with van der Waals surface area (Å²) in [6.07, 6.45) is 1.36. The molecule has 1 amide bonds. The Balaban J connectivity index is 2.62. The Morgan fingerprint density at radius 1 is 1.57 bits per heavy atom. The average Bonchev–Trinajstić information content (AvgIpc) is 2.52. The summed E-state index contributed by atoms with van der Waals surface area (Å²) in [5.41, 5.74) is 0.0906. The van der Waals surface area contributed by atoms with Crippen LogP contribution in [0.15, 0.2) is 22.2 Å². The van der Waals surface area contributed by atoms with E-state index in [0.717, 1.165) is 0 Å². The highest BCUT2D eigenvalue weighted by Gasteiger charge is 2.16. The van der Waals surface area contributed by atoms with E-state index in [9.17, 15) is 9.59 Å². The van der Waals surface area contributed by atoms with Crippen molar-refractivity contribution < 1.29 is 14.7 Å². The lowest BCUT2D eigenvalue weighted by Crippen LogP contribution is -2.21. The van der Waals surface area contributed by atoms with Gasteiger partial charge in [0.05, 0.1) is 5.03 Å². The molecule has 0 bridgehead atoms. The summed E-state index contributed by atoms with van der Waals surface area (Å²) in [4.78, 5) is 23.1. The standard InChI is InChI=1S/C8H10N2O3S/c1-10(2)7(11)3-6-9-5(4-14-6)8(12)13/h3-4,9H,1-2H3,(H,12,13)/b6-3-. The number of thioether (sulfide) groups is 1. The molecule has 6 heteroatoms. The highest BCUT2D eigenvalue weighted by Crippen LogP contribution is 2.24. The maximum atomic E-state index is 11.2. The minimum absolute atomic E-state index is 0.0906. The molecule has 0 aromatic heterocycles. The Morgan fingerprint density at radius 3 is 2.64 bits per heavy atom. The number of carboxylic acids is 1. The first kappa shape index (κ1) is 10.6. The van der Waals surface area contributed by atoms with Crippen molar-refractivity contribution in [1.29, 1.82) is 0 Å². The summed E-state index contributed by atoms with van der Waals surface area (Å²) < 4.78 is 0. The number of hydrogen-bond donors (Lipinski definition) is 2. The summed E-state index contributed by atoms with van der Waals surface area (Å²) in [7, 11) is 3.26. The van der Waals surface area contributed by atoms with E-state index in [1.807, 2.05) is 0 Å². The lowest BCUT2D eigenvalue weighted by atomic mass is 10.5. The molecular formula is C8H10N2O3S. The zero-order chi connectivity index (χ0) is 10.7. The van der Waals surface area contributed by atoms with E-state index in [0.29, 0.717) is 5.03 Å². The fraction of sp³-hybridized carbons (Fsp3) is 0.250. The van der Waals surface area contributed by atoms with Crippen molar-refractivity contribution in [3.63, 3.8) is 0 Å². The van der Waals surface area contributed by atoms with E-state index in [4.69, 9.17) is 5.11 Å². The van der Waals surface area contributed by atoms with Gasteiger partial charge in [0.1, 0.15) is 5.70 Å². The predicted octanol–water partition coefficient (Wildman–Crippen LogP) is 0.178. The van der Waals surface area contributed by atoms with Crippen molar-refractivity contribution >= 4 is 23.6 Å². The van der Waals surface area contributed by atoms with Crippen molar-refractivity contribution in [1.82, 2.24) is 10.2 Å². The molecule has 0 radical (unpaired) electrons. The molecule has 2 N–H and O–H groups in total. The molecular weight excluding hydrogens is 204 g/mol. The first-order valence-corrected chi connectivity index (χ1v) is 4.69. The van der Waals surface area contributed by atoms with Crippen LogP contribution in [0.4, 0.5) is 0 Å². The molecule has 1 aliphatic heterocycles. The molecule has 0 unspecified atom stereocenters. The minimum Gasteiger partial charge on any atom is -0.477 e. The van der Waals surface area contributed by atoms with Crippen LogP contribution in [-0.4, -0.2) is 36.0 Å². The fourth-order valence-corrected chi connectivity index (χ4v) is 1.47. The Morgan fingerprint density at radius 2 is 2.21 bits per heavy atom. The smallest absolute Gasteiger partial charge is 0.352 e. The topological polar surface area (TPSA) is 69.6 Å². The first-order valence-electron chi connectivity index (χ1n) is 3.81. The second-order valence-corrected chi connectivity index (χ2v) is 3.73. The number of likely N-dealkylation sites (N-methyl/N-ethyl adjacent to an activating group) is 1. The summed E-state index contributed by atoms with van der Waals surface area (Å²) >= 11 is 1.18. The number of nitrogens with one attached hydrogen (secondary N) is 1. The van der Waals surface area contributed by atoms with E-state index in [2.05, 4.69) is 5.32 Å². The number of carbonyl (C=O) groups is 2. The van der Waals surface area contributed by atoms with E-state index in [1.165, 1.54) is 28.1 Å². The molecule has 0 aliphatic carbocycles. The third-order valence-electron chi connectivity index (χ3n) is 1.49. The molecule has 1 heterocycles. The highest BCUT2D eigenvalue weighted by atomic mass is 32.2. The van der Waals surface area contributed by atoms with Gasteiger partial charge in [-0.15, -0.1) is 0 Å². The molecule has 14 heavy (non-hydrogen) atoms. The Kier molecular flexibility index (Phi) is 3.19. The van der Waals surface area contributed by atoms with Gasteiger partial charge in [0.15, 0.2) is 0 Å². The molecule has 1 aliphatic rings. The number of aliphatic carboxylic acids is 1. The van der Waals surface area contributed by atoms with E-state index in [1.54, 1.807) is 14.1 Å². The van der Waals surface area contributed by atoms with Gasteiger partial charge in [0.25, 0.3) is 0 Å². The van der Waals surface area contributed by atoms with Crippen LogP contribution in [0.5, 0.6) is 0 Å². The van der Waals surface area contributed by atoms with Crippen LogP contribution in [0.2, 0.25) is 0 Å². The van der Waals surface area contributed by atoms with E-state index >= 15 is 0 Å². The fourth-order valence-electron chi connectivity index (χ4n) is 0.729. The van der Waals surface area contributed by atoms with Crippen LogP contribution in [0.3, 0.4) is 0 Å². The van der Waals surface area contributed by atoms with Crippen LogP contribution >= 0.6 is 11.8 Å². The van der Waals surface area contributed by atoms with Gasteiger partial charge in [0, 0.05) is 25.6 Å². The van der Waals surface area contributed by atoms with Crippen molar-refractivity contribution in [2.75, 3.05) is 14.1 Å². The van der Waals surface area contributed by atoms with Gasteiger partial charge in [-0.25, -0.2) is 4.79 Å². The number of carbonyl (C=O) groups excluding carboxylic acids is 1. The maximum Gasteiger partial charge on any atom is 0.352 e. The van der Waals surface area contributed by atoms with Crippen molar-refractivity contribution in [2.45, 2.75) is 0 Å². The van der Waals surface area contributed by atoms with Gasteiger partial charge in [-0.3, -0.25) is 4.79 Å². The SMILES string of the molecule is CN(C)C(=O)/C=C1/NC(C(=O)O)=CS1. The molecule has 76 valence electrons. The van der Waals surface area contributed by atoms with Crippen molar-refractivity contribution in [3.8, 4) is 0 Å². The third-order valence-corrected chi connectivity index (χ3v) is 2.31. The lowest BCUT2D eigenvalue weighted by Gasteiger charge is -2.07. The van der Waals surface area contributed by atoms with Gasteiger partial charge in [0.2, 0.25) is 5.91 Å². The zero-order valence-corrected chi connectivity index (χ0v) is 8.59. The van der Waals surface area contributed by atoms with Gasteiger partial charge in [-0.1, -0.05) is 11.8 Å². The molecule has 1 rings (SSSR count). The Hall–Kier alpha value is -1.43. The number of rotatable bonds is 2. The van der Waals surface area contributed by atoms with Gasteiger partial charge in [-0.2, -0.15) is 0 Å². The van der Waals surface area contributed by atoms with Crippen LogP contribution in [-0.2, 0) is 9.59 Å². The maximum absolute atomic E-state index is 11.2. The molecule has 0 fully saturated rings. The van der Waals surface area contributed by atoms with Gasteiger partial charge >= 0.3 is 5.97 Å². The van der Waals surface area contributed by atoms with Crippen molar-refractivity contribution in [3.05, 3.63) is 22.2 Å². The van der Waals surface area contributed by atoms with Crippen LogP contribution in [0.25, 0.3) is 0 Å². The molecule has 0 atom stereocenters. The monoisotopic (exact) mass is 214 g/mol. The summed E-state index contributed by atoms with van der Waals surface area (Å²) in [6.45, 7) is 0. The molecule has 0 saturated heterocycles. The minimum atomic E-state index is -1.03. The quantitative estimate of drug-likeness (QED) is 0.642. The normalized spacial score (nSPS) is 17.6. The van der Waals surface area contributed by atoms with Crippen LogP contribution in [0, 0.1) is 0 Å². The number of nitrogens with zero attached hydrogens (tertiary/aromatic N) is 1. The number of carboxylic acid groups (broad SMARTS) is 1. The van der Waals surface area contributed by atoms with Crippen LogP contribution in [0.1, 0.15) is 0 Å². The average molecular weight is 214 g/mol. The van der Waals surface area contributed by atoms with Gasteiger partial charge < -0.3 is 15.3 Å². The van der Waals surface area contributed by atoms with E-state index < -0.39 is 5.97 Å². The number of amides is 1. The lowest BCUT2D eigenvalue weighted by molar-refractivity contribution is -0.133. The highest BCUT2D eigenvalue weighted by molar-refractivity contribution is 8.06. The molecule has 0 saturated carbocycles. The second-order valence-electron chi connectivity index (χ2n) is 2.82. The largest absolute Gasteiger partial charge is 0.477 e. The molecule has 5 nitrogen and oxygen atoms in total.